The lowest BCUT2D eigenvalue weighted by Crippen LogP contribution is -2.10. The molecular weight excluding hydrogens is 240 g/mol. The Balaban J connectivity index is 3.00. The predicted octanol–water partition coefficient (Wildman–Crippen LogP) is 3.96. The fourth-order valence-corrected chi connectivity index (χ4v) is 1.80. The molecule has 0 saturated carbocycles. The van der Waals surface area contributed by atoms with Gasteiger partial charge in [-0.1, -0.05) is 32.6 Å². The van der Waals surface area contributed by atoms with Crippen LogP contribution in [0.25, 0.3) is 0 Å². The van der Waals surface area contributed by atoms with Gasteiger partial charge >= 0.3 is 5.97 Å². The quantitative estimate of drug-likeness (QED) is 0.551. The second-order valence-electron chi connectivity index (χ2n) is 4.43. The number of carbonyl (C=O) groups excluding carboxylic acids is 1. The third kappa shape index (κ3) is 4.43. The van der Waals surface area contributed by atoms with Gasteiger partial charge in [-0.15, -0.1) is 0 Å². The number of esters is 1. The van der Waals surface area contributed by atoms with Crippen molar-refractivity contribution >= 4 is 5.97 Å². The number of rotatable bonds is 7. The van der Waals surface area contributed by atoms with Crippen molar-refractivity contribution in [1.82, 2.24) is 0 Å². The SMILES string of the molecule is C=CC(=O)OC(CC)c1ccc(C)cc1OCCC. The maximum Gasteiger partial charge on any atom is 0.330 e. The molecule has 0 radical (unpaired) electrons. The molecule has 1 aromatic carbocycles. The minimum Gasteiger partial charge on any atom is -0.493 e. The summed E-state index contributed by atoms with van der Waals surface area (Å²) in [6.45, 7) is 10.1. The van der Waals surface area contributed by atoms with Gasteiger partial charge in [0.2, 0.25) is 0 Å². The second kappa shape index (κ2) is 7.62. The number of carbonyl (C=O) groups is 1. The van der Waals surface area contributed by atoms with Gasteiger partial charge in [-0.25, -0.2) is 4.79 Å². The van der Waals surface area contributed by atoms with Gasteiger partial charge < -0.3 is 9.47 Å². The monoisotopic (exact) mass is 262 g/mol. The maximum atomic E-state index is 11.4. The Morgan fingerprint density at radius 3 is 2.74 bits per heavy atom. The normalized spacial score (nSPS) is 11.7. The molecule has 0 aliphatic carbocycles. The van der Waals surface area contributed by atoms with Crippen molar-refractivity contribution in [2.45, 2.75) is 39.7 Å². The molecule has 0 fully saturated rings. The molecule has 1 unspecified atom stereocenters. The molecule has 1 aromatic rings. The topological polar surface area (TPSA) is 35.5 Å². The zero-order valence-electron chi connectivity index (χ0n) is 11.9. The first kappa shape index (κ1) is 15.3. The van der Waals surface area contributed by atoms with Crippen molar-refractivity contribution in [3.63, 3.8) is 0 Å². The number of aryl methyl sites for hydroxylation is 1. The van der Waals surface area contributed by atoms with Gasteiger partial charge in [0.05, 0.1) is 6.61 Å². The lowest BCUT2D eigenvalue weighted by atomic mass is 10.0. The third-order valence-electron chi connectivity index (χ3n) is 2.77. The van der Waals surface area contributed by atoms with Crippen molar-refractivity contribution in [1.29, 1.82) is 0 Å². The summed E-state index contributed by atoms with van der Waals surface area (Å²) < 4.78 is 11.1. The van der Waals surface area contributed by atoms with Crippen LogP contribution in [0.3, 0.4) is 0 Å². The summed E-state index contributed by atoms with van der Waals surface area (Å²) in [7, 11) is 0. The Morgan fingerprint density at radius 1 is 1.42 bits per heavy atom. The fourth-order valence-electron chi connectivity index (χ4n) is 1.80. The van der Waals surface area contributed by atoms with Crippen LogP contribution in [0.15, 0.2) is 30.9 Å². The zero-order chi connectivity index (χ0) is 14.3. The summed E-state index contributed by atoms with van der Waals surface area (Å²) in [4.78, 5) is 11.4. The Morgan fingerprint density at radius 2 is 2.16 bits per heavy atom. The number of hydrogen-bond donors (Lipinski definition) is 0. The van der Waals surface area contributed by atoms with E-state index in [1.54, 1.807) is 0 Å². The van der Waals surface area contributed by atoms with Gasteiger partial charge in [-0.2, -0.15) is 0 Å². The highest BCUT2D eigenvalue weighted by Crippen LogP contribution is 2.31. The molecule has 0 N–H and O–H groups in total. The first-order valence-corrected chi connectivity index (χ1v) is 6.68. The smallest absolute Gasteiger partial charge is 0.330 e. The molecule has 1 rings (SSSR count). The van der Waals surface area contributed by atoms with Gasteiger partial charge in [0, 0.05) is 11.6 Å². The summed E-state index contributed by atoms with van der Waals surface area (Å²) in [5, 5.41) is 0. The van der Waals surface area contributed by atoms with E-state index in [9.17, 15) is 4.79 Å². The highest BCUT2D eigenvalue weighted by molar-refractivity contribution is 5.81. The standard InChI is InChI=1S/C16H22O3/c1-5-10-18-15-11-12(4)8-9-13(15)14(6-2)19-16(17)7-3/h7-9,11,14H,3,5-6,10H2,1-2,4H3. The molecule has 19 heavy (non-hydrogen) atoms. The van der Waals surface area contributed by atoms with Crippen LogP contribution in [-0.4, -0.2) is 12.6 Å². The molecule has 104 valence electrons. The molecule has 0 amide bonds. The average molecular weight is 262 g/mol. The maximum absolute atomic E-state index is 11.4. The molecule has 0 bridgehead atoms. The lowest BCUT2D eigenvalue weighted by molar-refractivity contribution is -0.143. The van der Waals surface area contributed by atoms with Crippen LogP contribution in [0.2, 0.25) is 0 Å². The summed E-state index contributed by atoms with van der Waals surface area (Å²) in [5.74, 6) is 0.388. The summed E-state index contributed by atoms with van der Waals surface area (Å²) in [5.41, 5.74) is 2.04. The van der Waals surface area contributed by atoms with Crippen LogP contribution in [-0.2, 0) is 9.53 Å². The van der Waals surface area contributed by atoms with E-state index in [1.807, 2.05) is 32.0 Å². The van der Waals surface area contributed by atoms with Crippen LogP contribution in [0, 0.1) is 6.92 Å². The number of benzene rings is 1. The van der Waals surface area contributed by atoms with Crippen molar-refractivity contribution in [3.8, 4) is 5.75 Å². The largest absolute Gasteiger partial charge is 0.493 e. The van der Waals surface area contributed by atoms with Crippen LogP contribution in [0.4, 0.5) is 0 Å². The molecule has 1 atom stereocenters. The zero-order valence-corrected chi connectivity index (χ0v) is 11.9. The molecule has 0 aliphatic rings. The molecule has 0 aromatic heterocycles. The van der Waals surface area contributed by atoms with Crippen molar-refractivity contribution in [3.05, 3.63) is 42.0 Å². The van der Waals surface area contributed by atoms with E-state index >= 15 is 0 Å². The highest BCUT2D eigenvalue weighted by Gasteiger charge is 2.18. The van der Waals surface area contributed by atoms with Gasteiger partial charge in [-0.3, -0.25) is 0 Å². The number of ether oxygens (including phenoxy) is 2. The van der Waals surface area contributed by atoms with Gasteiger partial charge in [0.15, 0.2) is 0 Å². The van der Waals surface area contributed by atoms with E-state index in [1.165, 1.54) is 6.08 Å². The first-order chi connectivity index (χ1) is 9.12. The first-order valence-electron chi connectivity index (χ1n) is 6.68. The van der Waals surface area contributed by atoms with E-state index in [4.69, 9.17) is 9.47 Å². The third-order valence-corrected chi connectivity index (χ3v) is 2.77. The van der Waals surface area contributed by atoms with Crippen LogP contribution in [0.5, 0.6) is 5.75 Å². The summed E-state index contributed by atoms with van der Waals surface area (Å²) in [6.07, 6.45) is 2.53. The van der Waals surface area contributed by atoms with E-state index in [0.717, 1.165) is 23.3 Å². The molecule has 3 nitrogen and oxygen atoms in total. The van der Waals surface area contributed by atoms with Crippen molar-refractivity contribution in [2.75, 3.05) is 6.61 Å². The fraction of sp³-hybridized carbons (Fsp3) is 0.438. The molecule has 0 heterocycles. The van der Waals surface area contributed by atoms with Gasteiger partial charge in [0.1, 0.15) is 11.9 Å². The minimum absolute atomic E-state index is 0.294. The Labute approximate surface area is 115 Å². The van der Waals surface area contributed by atoms with Crippen LogP contribution >= 0.6 is 0 Å². The Bertz CT molecular complexity index is 438. The van der Waals surface area contributed by atoms with E-state index in [2.05, 4.69) is 13.5 Å². The summed E-state index contributed by atoms with van der Waals surface area (Å²) >= 11 is 0. The van der Waals surface area contributed by atoms with Gasteiger partial charge in [0.25, 0.3) is 0 Å². The van der Waals surface area contributed by atoms with Crippen molar-refractivity contribution in [2.24, 2.45) is 0 Å². The predicted molar refractivity (Wildman–Crippen MR) is 76.3 cm³/mol. The molecule has 0 aliphatic heterocycles. The molecular formula is C16H22O3. The highest BCUT2D eigenvalue weighted by atomic mass is 16.5. The van der Waals surface area contributed by atoms with Crippen LogP contribution < -0.4 is 4.74 Å². The average Bonchev–Trinajstić information content (AvgIpc) is 2.42. The lowest BCUT2D eigenvalue weighted by Gasteiger charge is -2.19. The van der Waals surface area contributed by atoms with Crippen molar-refractivity contribution < 1.29 is 14.3 Å². The van der Waals surface area contributed by atoms with Crippen LogP contribution in [0.1, 0.15) is 43.9 Å². The molecule has 0 spiro atoms. The van der Waals surface area contributed by atoms with E-state index in [-0.39, 0.29) is 6.10 Å². The Kier molecular flexibility index (Phi) is 6.13. The molecule has 3 heteroatoms. The summed E-state index contributed by atoms with van der Waals surface area (Å²) in [6, 6.07) is 5.94. The van der Waals surface area contributed by atoms with E-state index in [0.29, 0.717) is 13.0 Å². The second-order valence-corrected chi connectivity index (χ2v) is 4.43. The Hall–Kier alpha value is -1.77. The van der Waals surface area contributed by atoms with Gasteiger partial charge in [-0.05, 0) is 31.4 Å². The minimum atomic E-state index is -0.408. The molecule has 0 saturated heterocycles. The van der Waals surface area contributed by atoms with E-state index < -0.39 is 5.97 Å². The number of hydrogen-bond acceptors (Lipinski definition) is 3.